The van der Waals surface area contributed by atoms with E-state index in [4.69, 9.17) is 5.73 Å². The second-order valence-electron chi connectivity index (χ2n) is 4.18. The first-order valence-corrected chi connectivity index (χ1v) is 8.67. The van der Waals surface area contributed by atoms with Gasteiger partial charge >= 0.3 is 0 Å². The molecule has 1 aromatic carbocycles. The van der Waals surface area contributed by atoms with Crippen LogP contribution in [0.15, 0.2) is 38.3 Å². The van der Waals surface area contributed by atoms with E-state index in [1.165, 1.54) is 30.5 Å². The largest absolute Gasteiger partial charge is 0.398 e. The molecule has 1 heterocycles. The molecule has 0 aliphatic rings. The molecule has 8 heteroatoms. The van der Waals surface area contributed by atoms with Crippen LogP contribution in [-0.2, 0) is 16.6 Å². The molecule has 4 nitrogen and oxygen atoms in total. The maximum atomic E-state index is 13.8. The van der Waals surface area contributed by atoms with E-state index in [2.05, 4.69) is 15.9 Å². The standard InChI is InChI=1S/C12H12BrFN2O2S2/c1-16(6-8-5-11(13)19-7-8)20(17,18)12-9(14)3-2-4-10(12)15/h2-5,7H,6,15H2,1H3. The van der Waals surface area contributed by atoms with Gasteiger partial charge < -0.3 is 5.73 Å². The second kappa shape index (κ2) is 5.80. The fourth-order valence-corrected chi connectivity index (χ4v) is 4.24. The lowest BCUT2D eigenvalue weighted by atomic mass is 10.3. The summed E-state index contributed by atoms with van der Waals surface area (Å²) >= 11 is 4.77. The van der Waals surface area contributed by atoms with Crippen molar-refractivity contribution in [1.29, 1.82) is 0 Å². The van der Waals surface area contributed by atoms with Crippen LogP contribution in [0, 0.1) is 5.82 Å². The van der Waals surface area contributed by atoms with Crippen molar-refractivity contribution in [3.8, 4) is 0 Å². The Kier molecular flexibility index (Phi) is 4.48. The highest BCUT2D eigenvalue weighted by atomic mass is 79.9. The topological polar surface area (TPSA) is 63.4 Å². The molecule has 2 aromatic rings. The minimum atomic E-state index is -3.97. The first kappa shape index (κ1) is 15.4. The average molecular weight is 379 g/mol. The highest BCUT2D eigenvalue weighted by Gasteiger charge is 2.27. The number of benzene rings is 1. The normalized spacial score (nSPS) is 12.0. The summed E-state index contributed by atoms with van der Waals surface area (Å²) in [4.78, 5) is -0.475. The summed E-state index contributed by atoms with van der Waals surface area (Å²) in [7, 11) is -2.57. The van der Waals surface area contributed by atoms with Gasteiger partial charge in [0.25, 0.3) is 0 Å². The van der Waals surface area contributed by atoms with E-state index in [0.29, 0.717) is 0 Å². The Balaban J connectivity index is 2.35. The smallest absolute Gasteiger partial charge is 0.248 e. The molecule has 0 fully saturated rings. The summed E-state index contributed by atoms with van der Waals surface area (Å²) in [6, 6.07) is 5.64. The van der Waals surface area contributed by atoms with Crippen molar-refractivity contribution in [2.24, 2.45) is 0 Å². The van der Waals surface area contributed by atoms with Gasteiger partial charge in [-0.05, 0) is 45.1 Å². The van der Waals surface area contributed by atoms with Crippen LogP contribution in [0.4, 0.5) is 10.1 Å². The molecule has 0 aliphatic heterocycles. The maximum Gasteiger partial charge on any atom is 0.248 e. The average Bonchev–Trinajstić information content (AvgIpc) is 2.74. The fourth-order valence-electron chi connectivity index (χ4n) is 1.72. The Hall–Kier alpha value is -0.960. The van der Waals surface area contributed by atoms with Gasteiger partial charge in [0.2, 0.25) is 10.0 Å². The molecule has 0 amide bonds. The van der Waals surface area contributed by atoms with Crippen LogP contribution in [-0.4, -0.2) is 19.8 Å². The highest BCUT2D eigenvalue weighted by Crippen LogP contribution is 2.27. The first-order valence-electron chi connectivity index (χ1n) is 5.55. The number of hydrogen-bond acceptors (Lipinski definition) is 4. The monoisotopic (exact) mass is 378 g/mol. The van der Waals surface area contributed by atoms with Gasteiger partial charge in [-0.3, -0.25) is 0 Å². The Morgan fingerprint density at radius 3 is 2.70 bits per heavy atom. The Labute approximate surface area is 129 Å². The predicted molar refractivity (Wildman–Crippen MR) is 81.5 cm³/mol. The summed E-state index contributed by atoms with van der Waals surface area (Å²) in [5, 5.41) is 1.83. The van der Waals surface area contributed by atoms with Crippen LogP contribution < -0.4 is 5.73 Å². The zero-order valence-corrected chi connectivity index (χ0v) is 13.7. The highest BCUT2D eigenvalue weighted by molar-refractivity contribution is 9.11. The molecule has 0 spiro atoms. The summed E-state index contributed by atoms with van der Waals surface area (Å²) in [5.41, 5.74) is 6.32. The van der Waals surface area contributed by atoms with Crippen LogP contribution in [0.2, 0.25) is 0 Å². The third-order valence-corrected chi connectivity index (χ3v) is 6.14. The van der Waals surface area contributed by atoms with E-state index in [1.54, 1.807) is 0 Å². The van der Waals surface area contributed by atoms with Crippen molar-refractivity contribution >= 4 is 43.0 Å². The van der Waals surface area contributed by atoms with E-state index in [-0.39, 0.29) is 12.2 Å². The summed E-state index contributed by atoms with van der Waals surface area (Å²) in [5.74, 6) is -0.844. The third-order valence-electron chi connectivity index (χ3n) is 2.69. The SMILES string of the molecule is CN(Cc1csc(Br)c1)S(=O)(=O)c1c(N)cccc1F. The van der Waals surface area contributed by atoms with Crippen molar-refractivity contribution in [1.82, 2.24) is 4.31 Å². The maximum absolute atomic E-state index is 13.8. The van der Waals surface area contributed by atoms with Gasteiger partial charge in [-0.2, -0.15) is 4.31 Å². The van der Waals surface area contributed by atoms with Crippen LogP contribution >= 0.6 is 27.3 Å². The van der Waals surface area contributed by atoms with Crippen LogP contribution in [0.25, 0.3) is 0 Å². The number of nitrogen functional groups attached to an aromatic ring is 1. The van der Waals surface area contributed by atoms with Gasteiger partial charge in [-0.15, -0.1) is 11.3 Å². The van der Waals surface area contributed by atoms with Gasteiger partial charge in [0, 0.05) is 13.6 Å². The molecule has 0 saturated heterocycles. The number of thiophene rings is 1. The van der Waals surface area contributed by atoms with Gasteiger partial charge in [0.05, 0.1) is 9.47 Å². The van der Waals surface area contributed by atoms with Crippen molar-refractivity contribution in [2.45, 2.75) is 11.4 Å². The van der Waals surface area contributed by atoms with E-state index in [1.807, 2.05) is 11.4 Å². The zero-order chi connectivity index (χ0) is 14.9. The summed E-state index contributed by atoms with van der Waals surface area (Å²) in [6.07, 6.45) is 0. The zero-order valence-electron chi connectivity index (χ0n) is 10.5. The lowest BCUT2D eigenvalue weighted by molar-refractivity contribution is 0.461. The van der Waals surface area contributed by atoms with Gasteiger partial charge in [-0.1, -0.05) is 6.07 Å². The van der Waals surface area contributed by atoms with Crippen molar-refractivity contribution < 1.29 is 12.8 Å². The number of sulfonamides is 1. The molecule has 2 rings (SSSR count). The second-order valence-corrected chi connectivity index (χ2v) is 8.45. The molecular weight excluding hydrogens is 367 g/mol. The van der Waals surface area contributed by atoms with E-state index in [0.717, 1.165) is 19.7 Å². The number of anilines is 1. The van der Waals surface area contributed by atoms with Crippen molar-refractivity contribution in [3.63, 3.8) is 0 Å². The lowest BCUT2D eigenvalue weighted by Gasteiger charge is -2.18. The molecule has 0 atom stereocenters. The molecule has 1 aromatic heterocycles. The number of rotatable bonds is 4. The molecule has 20 heavy (non-hydrogen) atoms. The molecule has 2 N–H and O–H groups in total. The molecule has 0 radical (unpaired) electrons. The van der Waals surface area contributed by atoms with Gasteiger partial charge in [0.15, 0.2) is 0 Å². The fraction of sp³-hybridized carbons (Fsp3) is 0.167. The summed E-state index contributed by atoms with van der Waals surface area (Å²) < 4.78 is 40.5. The number of hydrogen-bond donors (Lipinski definition) is 1. The van der Waals surface area contributed by atoms with Crippen LogP contribution in [0.1, 0.15) is 5.56 Å². The number of nitrogens with two attached hydrogens (primary N) is 1. The van der Waals surface area contributed by atoms with Crippen LogP contribution in [0.5, 0.6) is 0 Å². The molecule has 0 bridgehead atoms. The minimum Gasteiger partial charge on any atom is -0.398 e. The number of halogens is 2. The molecule has 0 aliphatic carbocycles. The first-order chi connectivity index (χ1) is 9.32. The van der Waals surface area contributed by atoms with Crippen LogP contribution in [0.3, 0.4) is 0 Å². The van der Waals surface area contributed by atoms with E-state index in [9.17, 15) is 12.8 Å². The van der Waals surface area contributed by atoms with Crippen molar-refractivity contribution in [2.75, 3.05) is 12.8 Å². The molecule has 0 unspecified atom stereocenters. The summed E-state index contributed by atoms with van der Waals surface area (Å²) in [6.45, 7) is 0.151. The van der Waals surface area contributed by atoms with E-state index >= 15 is 0 Å². The lowest BCUT2D eigenvalue weighted by Crippen LogP contribution is -2.27. The Bertz CT molecular complexity index is 711. The third kappa shape index (κ3) is 3.03. The van der Waals surface area contributed by atoms with E-state index < -0.39 is 20.7 Å². The Morgan fingerprint density at radius 1 is 1.45 bits per heavy atom. The quantitative estimate of drug-likeness (QED) is 0.831. The number of nitrogens with zero attached hydrogens (tertiary/aromatic N) is 1. The molecule has 108 valence electrons. The van der Waals surface area contributed by atoms with Gasteiger partial charge in [0.1, 0.15) is 10.7 Å². The minimum absolute atomic E-state index is 0.0941. The predicted octanol–water partition coefficient (Wildman–Crippen LogP) is 3.05. The van der Waals surface area contributed by atoms with Crippen molar-refractivity contribution in [3.05, 3.63) is 44.8 Å². The molecule has 0 saturated carbocycles. The van der Waals surface area contributed by atoms with Gasteiger partial charge in [-0.25, -0.2) is 12.8 Å². The Morgan fingerprint density at radius 2 is 2.15 bits per heavy atom. The molecular formula is C12H12BrFN2O2S2.